The molecule has 0 radical (unpaired) electrons. The average molecular weight is 2070 g/mol. The minimum Gasteiger partial charge on any atom is -0.502 e. The zero-order valence-electron chi connectivity index (χ0n) is 78.3. The first-order valence-electron chi connectivity index (χ1n) is 45.5. The van der Waals surface area contributed by atoms with Gasteiger partial charge in [0.15, 0.2) is 57.2 Å². The van der Waals surface area contributed by atoms with Gasteiger partial charge in [0.2, 0.25) is 27.1 Å². The molecule has 14 heterocycles. The number of amides is 7. The maximum absolute atomic E-state index is 14.1. The third-order valence-electron chi connectivity index (χ3n) is 25.8. The molecule has 9 atom stereocenters. The Morgan fingerprint density at radius 1 is 0.408 bits per heavy atom. The monoisotopic (exact) mass is 2070 g/mol. The van der Waals surface area contributed by atoms with E-state index in [-0.39, 0.29) is 154 Å². The van der Waals surface area contributed by atoms with Crippen LogP contribution in [0.15, 0.2) is 194 Å². The van der Waals surface area contributed by atoms with E-state index < -0.39 is 117 Å². The number of carbonyl (C=O) groups excluding carboxylic acids is 7. The predicted octanol–water partition coefficient (Wildman–Crippen LogP) is 7.05. The van der Waals surface area contributed by atoms with Crippen molar-refractivity contribution in [3.63, 3.8) is 0 Å². The van der Waals surface area contributed by atoms with Crippen molar-refractivity contribution >= 4 is 63.9 Å². The number of rotatable bonds is 20. The molecule has 38 nitrogen and oxygen atoms in total. The van der Waals surface area contributed by atoms with Gasteiger partial charge in [-0.15, -0.1) is 0 Å². The Bertz CT molecular complexity index is 7190. The summed E-state index contributed by atoms with van der Waals surface area (Å²) in [6.45, 7) is 13.7. The maximum Gasteiger partial charge on any atom is 0.278 e. The fourth-order valence-corrected chi connectivity index (χ4v) is 20.4. The molecule has 5 aromatic heterocycles. The van der Waals surface area contributed by atoms with E-state index in [1.807, 2.05) is 169 Å². The molecule has 0 spiro atoms. The van der Waals surface area contributed by atoms with Gasteiger partial charge in [-0.3, -0.25) is 82.2 Å². The van der Waals surface area contributed by atoms with Crippen molar-refractivity contribution in [3.8, 4) is 28.7 Å². The van der Waals surface area contributed by atoms with E-state index in [4.69, 9.17) is 18.9 Å². The Hall–Kier alpha value is -15.4. The van der Waals surface area contributed by atoms with Crippen molar-refractivity contribution in [1.29, 1.82) is 0 Å². The highest BCUT2D eigenvalue weighted by molar-refractivity contribution is 14.1. The second-order valence-electron chi connectivity index (χ2n) is 33.9. The third kappa shape index (κ3) is 17.2. The van der Waals surface area contributed by atoms with Crippen LogP contribution in [0.3, 0.4) is 0 Å². The van der Waals surface area contributed by atoms with E-state index >= 15 is 0 Å². The van der Waals surface area contributed by atoms with Crippen molar-refractivity contribution in [2.75, 3.05) is 119 Å². The van der Waals surface area contributed by atoms with Crippen molar-refractivity contribution in [2.24, 2.45) is 0 Å². The SMILES string of the molecule is CCN1C(=O)c2c(O)c(=O)c(C(=O)NCc3ccc(F)cc3F)c3n2N(CC3O)C1c1ccccc1.CCN1C(=O)c2c(OC)c(=O)c(C(=O)NCc3ccc(F)cc3F)c3n2N(CC3O)C1c1ccccc1.CCN1C(=O)c2c(OC)c(=O)c(I)c3n2N(CC3O)C1c1ccccc1.CCN1C(=O)c2c(OC)c(=O)cc3n2N(CC3O)C1c1ccccc1.CCNC(=O)c1c(OC)c(=O)cc2n1NCC2C. The summed E-state index contributed by atoms with van der Waals surface area (Å²) in [4.78, 5) is 162. The Labute approximate surface area is 820 Å². The summed E-state index contributed by atoms with van der Waals surface area (Å²) >= 11 is 1.92. The molecule has 142 heavy (non-hydrogen) atoms. The summed E-state index contributed by atoms with van der Waals surface area (Å²) < 4.78 is 83.5. The number of aliphatic hydroxyl groups excluding tert-OH is 4. The normalized spacial score (nSPS) is 19.2. The topological polar surface area (TPSA) is 442 Å². The quantitative estimate of drug-likeness (QED) is 0.0272. The molecule has 43 heteroatoms. The Kier molecular flexibility index (Phi) is 28.7. The molecule has 9 unspecified atom stereocenters. The average Bonchev–Trinajstić information content (AvgIpc) is 1.25. The number of hydrogen-bond acceptors (Lipinski definition) is 26. The first-order valence-corrected chi connectivity index (χ1v) is 46.6. The molecule has 9 aliphatic rings. The standard InChI is InChI=1S/C26H24F2N4O5.C25H22F2N4O5.C18H18IN3O4.C18H19N3O4.C12H17N3O3/c1-3-30-25(14-7-5-4-6-8-14)31-13-18(33)20-19(22(34)23(37-2)21(26(30)36)32(20)31)24(35)29-12-15-9-10-16(27)11-17(15)28;1-2-29-24(13-6-4-3-5-7-13)30-12-17(32)19-18(21(33)22(34)20(25(29)36)31(19)30)23(35)28-11-14-8-9-15(26)10-16(14)27;1-3-20-17(10-7-5-4-6-8-10)21-9-11(23)13-12(19)15(24)16(26-2)14(18(20)25)22(13)21;1-3-19-17(11-7-5-4-6-8-11)20-10-14(23)12-9-13(22)16(25-2)15(18(19)24)21(12)20;1-4-13-12(17)10-11(18-3)9(16)5-8-7(2)6-14-15(8)10/h4-11,18,25,33H,3,12-13H2,1-2H3,(H,29,35);3-10,17,24,32,34H,2,11-12H2,1H3,(H,28,35);4-8,11,17,23H,3,9H2,1-2H3;4-9,14,17,23H,3,10H2,1-2H3;5,7,14H,4,6H2,1-3H3,(H,13,17). The van der Waals surface area contributed by atoms with E-state index in [1.54, 1.807) is 64.7 Å². The number of ether oxygens (including phenoxy) is 4. The molecule has 20 rings (SSSR count). The van der Waals surface area contributed by atoms with Gasteiger partial charge in [0.05, 0.1) is 81.0 Å². The number of methoxy groups -OCH3 is 4. The molecule has 0 saturated heterocycles. The first kappa shape index (κ1) is 99.7. The fraction of sp³-hybridized carbons (Fsp3) is 0.313. The lowest BCUT2D eigenvalue weighted by atomic mass is 10.1. The smallest absolute Gasteiger partial charge is 0.278 e. The van der Waals surface area contributed by atoms with Crippen molar-refractivity contribution in [2.45, 2.75) is 110 Å². The number of aromatic nitrogens is 5. The molecule has 6 aromatic carbocycles. The summed E-state index contributed by atoms with van der Waals surface area (Å²) in [7, 11) is 5.38. The predicted molar refractivity (Wildman–Crippen MR) is 516 cm³/mol. The molecule has 9 N–H and O–H groups in total. The maximum atomic E-state index is 14.1. The van der Waals surface area contributed by atoms with Crippen LogP contribution in [0.1, 0.15) is 232 Å². The number of halogens is 5. The van der Waals surface area contributed by atoms with E-state index in [1.165, 1.54) is 60.9 Å². The Balaban J connectivity index is 0.000000130. The van der Waals surface area contributed by atoms with Crippen LogP contribution in [-0.2, 0) is 13.1 Å². The fourth-order valence-electron chi connectivity index (χ4n) is 19.6. The van der Waals surface area contributed by atoms with Crippen molar-refractivity contribution in [3.05, 3.63) is 349 Å². The van der Waals surface area contributed by atoms with Crippen LogP contribution < -0.4 is 87.5 Å². The van der Waals surface area contributed by atoms with Gasteiger partial charge in [-0.2, -0.15) is 0 Å². The largest absolute Gasteiger partial charge is 0.502 e. The van der Waals surface area contributed by atoms with Crippen LogP contribution in [0.25, 0.3) is 0 Å². The summed E-state index contributed by atoms with van der Waals surface area (Å²) in [5, 5.41) is 68.6. The van der Waals surface area contributed by atoms with Crippen LogP contribution in [0, 0.1) is 26.8 Å². The molecule has 0 saturated carbocycles. The molecule has 11 aromatic rings. The lowest BCUT2D eigenvalue weighted by Gasteiger charge is -2.44. The van der Waals surface area contributed by atoms with Gasteiger partial charge in [-0.25, -0.2) is 36.3 Å². The number of nitrogens with one attached hydrogen (secondary N) is 4. The molecule has 0 aliphatic carbocycles. The zero-order valence-corrected chi connectivity index (χ0v) is 80.5. The molecule has 0 fully saturated rings. The zero-order chi connectivity index (χ0) is 102. The lowest BCUT2D eigenvalue weighted by molar-refractivity contribution is 0.0576. The summed E-state index contributed by atoms with van der Waals surface area (Å²) in [6, 6.07) is 46.2. The number of benzene rings is 6. The number of pyridine rings is 5. The van der Waals surface area contributed by atoms with Gasteiger partial charge < -0.3 is 85.5 Å². The number of nitrogens with zero attached hydrogens (tertiary/aromatic N) is 13. The second-order valence-corrected chi connectivity index (χ2v) is 35.0. The van der Waals surface area contributed by atoms with Crippen molar-refractivity contribution < 1.29 is 95.6 Å². The minimum atomic E-state index is -1.34. The van der Waals surface area contributed by atoms with E-state index in [0.29, 0.717) is 72.9 Å². The van der Waals surface area contributed by atoms with E-state index in [0.717, 1.165) is 46.1 Å². The number of hydrogen-bond donors (Lipinski definition) is 9. The molecule has 0 bridgehead atoms. The molecular weight excluding hydrogens is 1970 g/mol. The Morgan fingerprint density at radius 2 is 0.754 bits per heavy atom. The van der Waals surface area contributed by atoms with Gasteiger partial charge in [0.1, 0.15) is 83.5 Å². The highest BCUT2D eigenvalue weighted by Gasteiger charge is 2.53. The molecule has 7 amide bonds. The number of aromatic hydroxyl groups is 1. The highest BCUT2D eigenvalue weighted by Crippen LogP contribution is 2.47. The number of fused-ring (bicyclic) bond motifs is 1. The Morgan fingerprint density at radius 3 is 1.15 bits per heavy atom. The molecular formula is C99H100F4IN17O21. The van der Waals surface area contributed by atoms with Gasteiger partial charge in [-0.05, 0) is 91.6 Å². The van der Waals surface area contributed by atoms with Crippen LogP contribution in [0.4, 0.5) is 17.6 Å². The van der Waals surface area contributed by atoms with Gasteiger partial charge in [-0.1, -0.05) is 140 Å². The van der Waals surface area contributed by atoms with Gasteiger partial charge >= 0.3 is 0 Å². The summed E-state index contributed by atoms with van der Waals surface area (Å²) in [6.07, 6.45) is -6.30. The van der Waals surface area contributed by atoms with Crippen LogP contribution in [0.2, 0.25) is 0 Å². The minimum absolute atomic E-state index is 0.00415. The molecule has 9 aliphatic heterocycles. The van der Waals surface area contributed by atoms with Gasteiger partial charge in [0.25, 0.3) is 41.4 Å². The highest BCUT2D eigenvalue weighted by atomic mass is 127. The number of carbonyl (C=O) groups is 7. The second kappa shape index (κ2) is 40.8. The van der Waals surface area contributed by atoms with Crippen LogP contribution >= 0.6 is 22.6 Å². The molecule has 742 valence electrons. The summed E-state index contributed by atoms with van der Waals surface area (Å²) in [5.74, 6) is -8.10. The van der Waals surface area contributed by atoms with E-state index in [9.17, 15) is 101 Å². The number of aliphatic hydroxyl groups is 4. The summed E-state index contributed by atoms with van der Waals surface area (Å²) in [5.41, 5.74) is 4.14. The van der Waals surface area contributed by atoms with Crippen molar-refractivity contribution in [1.82, 2.24) is 58.9 Å². The lowest BCUT2D eigenvalue weighted by Crippen LogP contribution is -2.55. The van der Waals surface area contributed by atoms with Crippen LogP contribution in [-0.4, -0.2) is 204 Å². The first-order chi connectivity index (χ1) is 68.2. The van der Waals surface area contributed by atoms with Gasteiger partial charge in [0, 0.05) is 99.4 Å². The van der Waals surface area contributed by atoms with Crippen LogP contribution in [0.5, 0.6) is 28.7 Å². The third-order valence-corrected chi connectivity index (χ3v) is 26.9. The van der Waals surface area contributed by atoms with E-state index in [2.05, 4.69) is 21.4 Å².